The van der Waals surface area contributed by atoms with Gasteiger partial charge in [0.15, 0.2) is 11.4 Å². The summed E-state index contributed by atoms with van der Waals surface area (Å²) in [4.78, 5) is 27.0. The summed E-state index contributed by atoms with van der Waals surface area (Å²) in [6, 6.07) is 26.3. The third kappa shape index (κ3) is 7.12. The minimum Gasteiger partial charge on any atom is -0.371 e. The molecule has 2 aromatic heterocycles. The number of aromatic nitrogens is 4. The van der Waals surface area contributed by atoms with E-state index in [0.717, 1.165) is 47.5 Å². The number of anilines is 5. The van der Waals surface area contributed by atoms with Crippen molar-refractivity contribution in [3.05, 3.63) is 96.6 Å². The summed E-state index contributed by atoms with van der Waals surface area (Å²) in [5, 5.41) is 15.3. The Bertz CT molecular complexity index is 1760. The Kier molecular flexibility index (Phi) is 8.93. The maximum Gasteiger partial charge on any atom is 0.229 e. The molecule has 1 saturated heterocycles. The molecular formula is C35H38N8O. The van der Waals surface area contributed by atoms with Crippen LogP contribution in [0.25, 0.3) is 22.3 Å². The molecule has 6 rings (SSSR count). The van der Waals surface area contributed by atoms with Gasteiger partial charge in [0.25, 0.3) is 0 Å². The third-order valence-corrected chi connectivity index (χ3v) is 7.63. The van der Waals surface area contributed by atoms with Crippen molar-refractivity contribution in [2.75, 3.05) is 49.3 Å². The summed E-state index contributed by atoms with van der Waals surface area (Å²) in [7, 11) is 3.96. The molecule has 0 radical (unpaired) electrons. The van der Waals surface area contributed by atoms with Gasteiger partial charge in [-0.2, -0.15) is 10.1 Å². The van der Waals surface area contributed by atoms with Crippen LogP contribution in [-0.2, 0) is 11.2 Å². The topological polar surface area (TPSA) is 102 Å². The number of fused-ring (bicyclic) bond motifs is 1. The Balaban J connectivity index is 1.35. The lowest BCUT2D eigenvalue weighted by Gasteiger charge is -2.29. The number of allylic oxidation sites excluding steroid dienone is 1. The van der Waals surface area contributed by atoms with Gasteiger partial charge in [-0.3, -0.25) is 9.89 Å². The number of H-pyrrole nitrogens is 1. The summed E-state index contributed by atoms with van der Waals surface area (Å²) >= 11 is 0. The van der Waals surface area contributed by atoms with Crippen LogP contribution in [0, 0.1) is 0 Å². The molecule has 0 spiro atoms. The van der Waals surface area contributed by atoms with Crippen molar-refractivity contribution in [2.45, 2.75) is 25.7 Å². The normalized spacial score (nSPS) is 13.6. The highest BCUT2D eigenvalue weighted by Gasteiger charge is 2.19. The predicted octanol–water partition coefficient (Wildman–Crippen LogP) is 6.73. The fourth-order valence-corrected chi connectivity index (χ4v) is 5.49. The number of nitrogens with zero attached hydrogens (tertiary/aromatic N) is 5. The number of piperidine rings is 1. The van der Waals surface area contributed by atoms with Gasteiger partial charge < -0.3 is 20.4 Å². The number of aromatic amines is 1. The molecule has 0 atom stereocenters. The first-order valence-electron chi connectivity index (χ1n) is 15.2. The van der Waals surface area contributed by atoms with Gasteiger partial charge in [0, 0.05) is 48.7 Å². The fraction of sp³-hybridized carbons (Fsp3) is 0.257. The third-order valence-electron chi connectivity index (χ3n) is 7.63. The summed E-state index contributed by atoms with van der Waals surface area (Å²) in [5.41, 5.74) is 6.08. The van der Waals surface area contributed by atoms with Gasteiger partial charge >= 0.3 is 0 Å². The van der Waals surface area contributed by atoms with Gasteiger partial charge in [0.2, 0.25) is 5.95 Å². The van der Waals surface area contributed by atoms with Crippen molar-refractivity contribution in [3.8, 4) is 11.3 Å². The van der Waals surface area contributed by atoms with E-state index in [1.807, 2.05) is 85.7 Å². The van der Waals surface area contributed by atoms with Crippen molar-refractivity contribution in [1.29, 1.82) is 0 Å². The van der Waals surface area contributed by atoms with Crippen molar-refractivity contribution in [2.24, 2.45) is 0 Å². The molecule has 0 amide bonds. The maximum absolute atomic E-state index is 12.7. The van der Waals surface area contributed by atoms with Crippen molar-refractivity contribution >= 4 is 45.6 Å². The predicted molar refractivity (Wildman–Crippen MR) is 179 cm³/mol. The fourth-order valence-electron chi connectivity index (χ4n) is 5.49. The first-order valence-corrected chi connectivity index (χ1v) is 15.2. The standard InChI is InChI=1S/C35H38N8O/c1-42(2)19-11-18-30(44)23-25-12-9-13-26(22-25)32-31-33(36-27-14-5-3-6-15-27)40-41-34(31)39-35(38-32)37-28-16-10-17-29(24-28)43-20-7-4-8-21-43/h3,5-6,9-18,22,24H,4,7-8,19-21,23H2,1-2H3,(H3,36,37,38,39,40,41)/b18-11+. The molecule has 3 aromatic carbocycles. The van der Waals surface area contributed by atoms with Gasteiger partial charge in [-0.1, -0.05) is 48.5 Å². The van der Waals surface area contributed by atoms with E-state index in [0.29, 0.717) is 29.5 Å². The van der Waals surface area contributed by atoms with Crippen molar-refractivity contribution < 1.29 is 4.79 Å². The molecular weight excluding hydrogens is 548 g/mol. The summed E-state index contributed by atoms with van der Waals surface area (Å²) in [6.07, 6.45) is 7.59. The second-order valence-electron chi connectivity index (χ2n) is 11.4. The van der Waals surface area contributed by atoms with E-state index in [2.05, 4.69) is 43.9 Å². The van der Waals surface area contributed by atoms with Crippen LogP contribution in [0.2, 0.25) is 0 Å². The molecule has 1 fully saturated rings. The van der Waals surface area contributed by atoms with E-state index in [9.17, 15) is 4.79 Å². The highest BCUT2D eigenvalue weighted by Crippen LogP contribution is 2.34. The van der Waals surface area contributed by atoms with Crippen molar-refractivity contribution in [1.82, 2.24) is 25.1 Å². The van der Waals surface area contributed by atoms with Crippen LogP contribution in [0.5, 0.6) is 0 Å². The number of carbonyl (C=O) groups excluding carboxylic acids is 1. The number of rotatable bonds is 11. The molecule has 0 saturated carbocycles. The molecule has 5 aromatic rings. The average molecular weight is 587 g/mol. The number of para-hydroxylation sites is 1. The molecule has 9 nitrogen and oxygen atoms in total. The smallest absolute Gasteiger partial charge is 0.229 e. The molecule has 1 aliphatic rings. The van der Waals surface area contributed by atoms with Gasteiger partial charge in [-0.15, -0.1) is 0 Å². The number of hydrogen-bond donors (Lipinski definition) is 3. The van der Waals surface area contributed by atoms with Crippen LogP contribution in [0.4, 0.5) is 28.8 Å². The Morgan fingerprint density at radius 3 is 2.52 bits per heavy atom. The molecule has 224 valence electrons. The average Bonchev–Trinajstić information content (AvgIpc) is 3.44. The van der Waals surface area contributed by atoms with E-state index < -0.39 is 0 Å². The molecule has 0 unspecified atom stereocenters. The van der Waals surface area contributed by atoms with Crippen molar-refractivity contribution in [3.63, 3.8) is 0 Å². The molecule has 0 bridgehead atoms. The zero-order chi connectivity index (χ0) is 30.3. The van der Waals surface area contributed by atoms with Gasteiger partial charge in [-0.05, 0) is 81.4 Å². The summed E-state index contributed by atoms with van der Waals surface area (Å²) in [6.45, 7) is 2.87. The van der Waals surface area contributed by atoms with Crippen LogP contribution in [0.3, 0.4) is 0 Å². The molecule has 3 heterocycles. The minimum atomic E-state index is 0.0579. The number of hydrogen-bond acceptors (Lipinski definition) is 8. The lowest BCUT2D eigenvalue weighted by atomic mass is 10.0. The quantitative estimate of drug-likeness (QED) is 0.147. The largest absolute Gasteiger partial charge is 0.371 e. The van der Waals surface area contributed by atoms with Crippen LogP contribution in [-0.4, -0.2) is 64.6 Å². The van der Waals surface area contributed by atoms with E-state index in [1.54, 1.807) is 6.08 Å². The Hall–Kier alpha value is -5.02. The zero-order valence-electron chi connectivity index (χ0n) is 25.3. The van der Waals surface area contributed by atoms with Crippen LogP contribution in [0.15, 0.2) is 91.0 Å². The van der Waals surface area contributed by atoms with E-state index in [1.165, 1.54) is 24.9 Å². The van der Waals surface area contributed by atoms with Gasteiger partial charge in [0.1, 0.15) is 5.82 Å². The number of carbonyl (C=O) groups is 1. The van der Waals surface area contributed by atoms with E-state index in [4.69, 9.17) is 9.97 Å². The minimum absolute atomic E-state index is 0.0579. The molecule has 1 aliphatic heterocycles. The Labute approximate surface area is 258 Å². The monoisotopic (exact) mass is 586 g/mol. The molecule has 44 heavy (non-hydrogen) atoms. The second-order valence-corrected chi connectivity index (χ2v) is 11.4. The second kappa shape index (κ2) is 13.5. The van der Waals surface area contributed by atoms with E-state index in [-0.39, 0.29) is 5.78 Å². The number of benzene rings is 3. The molecule has 9 heteroatoms. The lowest BCUT2D eigenvalue weighted by Crippen LogP contribution is -2.29. The molecule has 0 aliphatic carbocycles. The van der Waals surface area contributed by atoms with Crippen LogP contribution < -0.4 is 15.5 Å². The van der Waals surface area contributed by atoms with E-state index >= 15 is 0 Å². The SMILES string of the molecule is CN(C)C/C=C/C(=O)Cc1cccc(-c2nc(Nc3cccc(N4CCCCC4)c3)nc3n[nH]c(Nc4ccccc4)c23)c1. The first-order chi connectivity index (χ1) is 21.5. The zero-order valence-corrected chi connectivity index (χ0v) is 25.3. The van der Waals surface area contributed by atoms with Gasteiger partial charge in [0.05, 0.1) is 11.1 Å². The van der Waals surface area contributed by atoms with Crippen LogP contribution >= 0.6 is 0 Å². The summed E-state index contributed by atoms with van der Waals surface area (Å²) < 4.78 is 0. The summed E-state index contributed by atoms with van der Waals surface area (Å²) in [5.74, 6) is 1.21. The lowest BCUT2D eigenvalue weighted by molar-refractivity contribution is -0.114. The number of ketones is 1. The number of nitrogens with one attached hydrogen (secondary N) is 3. The van der Waals surface area contributed by atoms with Gasteiger partial charge in [-0.25, -0.2) is 4.98 Å². The Morgan fingerprint density at radius 1 is 0.909 bits per heavy atom. The first kappa shape index (κ1) is 29.1. The van der Waals surface area contributed by atoms with Crippen LogP contribution in [0.1, 0.15) is 24.8 Å². The number of likely N-dealkylation sites (N-methyl/N-ethyl adjacent to an activating group) is 1. The maximum atomic E-state index is 12.7. The highest BCUT2D eigenvalue weighted by molar-refractivity contribution is 6.01. The molecule has 3 N–H and O–H groups in total. The highest BCUT2D eigenvalue weighted by atomic mass is 16.1. The Morgan fingerprint density at radius 2 is 1.70 bits per heavy atom.